The van der Waals surface area contributed by atoms with Gasteiger partial charge in [0.1, 0.15) is 32.7 Å². The average Bonchev–Trinajstić information content (AvgIpc) is 2.94. The number of hydrogen-bond donors (Lipinski definition) is 2. The van der Waals surface area contributed by atoms with Crippen LogP contribution in [0, 0.1) is 0 Å². The third-order valence-electron chi connectivity index (χ3n) is 4.96. The Morgan fingerprint density at radius 1 is 0.913 bits per heavy atom. The Morgan fingerprint density at radius 2 is 1.61 bits per heavy atom. The van der Waals surface area contributed by atoms with E-state index in [9.17, 15) is 4.79 Å². The van der Waals surface area contributed by atoms with Crippen molar-refractivity contribution in [1.29, 1.82) is 0 Å². The summed E-state index contributed by atoms with van der Waals surface area (Å²) < 4.78 is 5.64. The molecule has 0 bridgehead atoms. The summed E-state index contributed by atoms with van der Waals surface area (Å²) >= 11 is 0. The van der Waals surface area contributed by atoms with Crippen LogP contribution >= 0.6 is 0 Å². The highest BCUT2D eigenvalue weighted by Gasteiger charge is 2.40. The van der Waals surface area contributed by atoms with Crippen LogP contribution in [0.25, 0.3) is 0 Å². The lowest BCUT2D eigenvalue weighted by Gasteiger charge is -2.32. The largest absolute Gasteiger partial charge is 0.404 e. The molecule has 23 heavy (non-hydrogen) atoms. The lowest BCUT2D eigenvalue weighted by atomic mass is 10.1. The smallest absolute Gasteiger partial charge is 0.343 e. The minimum Gasteiger partial charge on any atom is -0.404 e. The quantitative estimate of drug-likeness (QED) is 0.773. The molecule has 0 unspecified atom stereocenters. The summed E-state index contributed by atoms with van der Waals surface area (Å²) in [4.78, 5) is 15.0. The number of piperazine rings is 1. The molecule has 0 aromatic heterocycles. The molecule has 0 spiro atoms. The van der Waals surface area contributed by atoms with Crippen molar-refractivity contribution in [2.24, 2.45) is 0 Å². The standard InChI is InChI=1S/C19H20N2O2/c22-19-17-9-5-4-8-16(17)18(23-19)21-12-10-20(11-13-21)14-15-6-2-1-3-7-15/h1-9,18H,10-14H2/p+2/t18-/m1/s1. The number of carbonyl (C=O) groups excluding carboxylic acids is 1. The number of carbonyl (C=O) groups is 1. The van der Waals surface area contributed by atoms with Gasteiger partial charge in [0, 0.05) is 5.56 Å². The molecule has 118 valence electrons. The number of ether oxygens (including phenoxy) is 1. The molecule has 1 fully saturated rings. The topological polar surface area (TPSA) is 35.2 Å². The number of rotatable bonds is 3. The molecule has 2 heterocycles. The minimum atomic E-state index is -0.169. The molecule has 2 aromatic carbocycles. The van der Waals surface area contributed by atoms with Crippen molar-refractivity contribution in [3.63, 3.8) is 0 Å². The first-order valence-electron chi connectivity index (χ1n) is 8.33. The van der Waals surface area contributed by atoms with Crippen LogP contribution in [0.1, 0.15) is 27.7 Å². The Kier molecular flexibility index (Phi) is 3.85. The van der Waals surface area contributed by atoms with Gasteiger partial charge < -0.3 is 9.64 Å². The molecule has 2 aliphatic heterocycles. The van der Waals surface area contributed by atoms with Gasteiger partial charge in [-0.3, -0.25) is 4.90 Å². The zero-order valence-electron chi connectivity index (χ0n) is 13.1. The lowest BCUT2D eigenvalue weighted by Crippen LogP contribution is -3.27. The van der Waals surface area contributed by atoms with Gasteiger partial charge in [0.05, 0.1) is 11.1 Å². The highest BCUT2D eigenvalue weighted by molar-refractivity contribution is 5.93. The van der Waals surface area contributed by atoms with E-state index in [1.165, 1.54) is 10.5 Å². The fraction of sp³-hybridized carbons (Fsp3) is 0.316. The van der Waals surface area contributed by atoms with Gasteiger partial charge in [-0.05, 0) is 12.1 Å². The minimum absolute atomic E-state index is 0.114. The normalized spacial score (nSPS) is 26.6. The van der Waals surface area contributed by atoms with Gasteiger partial charge in [-0.2, -0.15) is 0 Å². The fourth-order valence-electron chi connectivity index (χ4n) is 3.70. The summed E-state index contributed by atoms with van der Waals surface area (Å²) in [6, 6.07) is 18.4. The SMILES string of the molecule is O=C1O[C@@H]([NH+]2CC[NH+](Cc3ccccc3)CC2)c2ccccc21. The molecule has 1 saturated heterocycles. The van der Waals surface area contributed by atoms with Crippen molar-refractivity contribution in [2.75, 3.05) is 26.2 Å². The van der Waals surface area contributed by atoms with E-state index in [1.807, 2.05) is 24.3 Å². The number of hydrogen-bond acceptors (Lipinski definition) is 2. The highest BCUT2D eigenvalue weighted by Crippen LogP contribution is 2.25. The van der Waals surface area contributed by atoms with Gasteiger partial charge in [-0.15, -0.1) is 0 Å². The molecule has 0 aliphatic carbocycles. The van der Waals surface area contributed by atoms with E-state index in [0.717, 1.165) is 43.9 Å². The molecule has 0 amide bonds. The number of fused-ring (bicyclic) bond motifs is 1. The maximum atomic E-state index is 12.0. The molecule has 4 heteroatoms. The molecule has 0 saturated carbocycles. The molecule has 2 N–H and O–H groups in total. The van der Waals surface area contributed by atoms with Crippen molar-refractivity contribution >= 4 is 5.97 Å². The van der Waals surface area contributed by atoms with Crippen LogP contribution in [-0.2, 0) is 11.3 Å². The van der Waals surface area contributed by atoms with E-state index >= 15 is 0 Å². The maximum absolute atomic E-state index is 12.0. The van der Waals surface area contributed by atoms with Gasteiger partial charge in [0.15, 0.2) is 0 Å². The number of benzene rings is 2. The molecule has 0 radical (unpaired) electrons. The first-order chi connectivity index (χ1) is 11.3. The predicted octanol–water partition coefficient (Wildman–Crippen LogP) is -0.161. The lowest BCUT2D eigenvalue weighted by molar-refractivity contribution is -1.04. The third kappa shape index (κ3) is 2.87. The van der Waals surface area contributed by atoms with Crippen LogP contribution < -0.4 is 9.80 Å². The summed E-state index contributed by atoms with van der Waals surface area (Å²) in [6.07, 6.45) is -0.114. The van der Waals surface area contributed by atoms with Crippen molar-refractivity contribution in [2.45, 2.75) is 12.8 Å². The van der Waals surface area contributed by atoms with Gasteiger partial charge >= 0.3 is 5.97 Å². The van der Waals surface area contributed by atoms with Crippen molar-refractivity contribution in [3.05, 3.63) is 71.3 Å². The first kappa shape index (κ1) is 14.4. The Bertz CT molecular complexity index is 694. The molecule has 4 nitrogen and oxygen atoms in total. The second-order valence-corrected chi connectivity index (χ2v) is 6.44. The molecule has 2 aromatic rings. The van der Waals surface area contributed by atoms with E-state index in [4.69, 9.17) is 4.74 Å². The number of nitrogens with one attached hydrogen (secondary N) is 2. The van der Waals surface area contributed by atoms with Crippen LogP contribution in [-0.4, -0.2) is 32.1 Å². The molecule has 4 rings (SSSR count). The first-order valence-corrected chi connectivity index (χ1v) is 8.33. The fourth-order valence-corrected chi connectivity index (χ4v) is 3.70. The van der Waals surface area contributed by atoms with Crippen molar-refractivity contribution in [1.82, 2.24) is 0 Å². The van der Waals surface area contributed by atoms with E-state index in [1.54, 1.807) is 4.90 Å². The number of cyclic esters (lactones) is 1. The Morgan fingerprint density at radius 3 is 2.39 bits per heavy atom. The van der Waals surface area contributed by atoms with E-state index < -0.39 is 0 Å². The maximum Gasteiger partial charge on any atom is 0.343 e. The molecule has 1 atom stereocenters. The number of quaternary nitrogens is 2. The van der Waals surface area contributed by atoms with Gasteiger partial charge in [0.25, 0.3) is 6.23 Å². The Hall–Kier alpha value is -2.17. The highest BCUT2D eigenvalue weighted by atomic mass is 16.6. The van der Waals surface area contributed by atoms with Crippen molar-refractivity contribution in [3.8, 4) is 0 Å². The zero-order chi connectivity index (χ0) is 15.6. The van der Waals surface area contributed by atoms with Gasteiger partial charge in [0.2, 0.25) is 0 Å². The van der Waals surface area contributed by atoms with Crippen LogP contribution in [0.3, 0.4) is 0 Å². The Labute approximate surface area is 136 Å². The summed E-state index contributed by atoms with van der Waals surface area (Å²) in [5.41, 5.74) is 3.19. The summed E-state index contributed by atoms with van der Waals surface area (Å²) in [6.45, 7) is 5.37. The van der Waals surface area contributed by atoms with Gasteiger partial charge in [-0.1, -0.05) is 42.5 Å². The summed E-state index contributed by atoms with van der Waals surface area (Å²) in [5, 5.41) is 0. The van der Waals surface area contributed by atoms with Gasteiger partial charge in [-0.25, -0.2) is 4.79 Å². The summed E-state index contributed by atoms with van der Waals surface area (Å²) in [7, 11) is 0. The van der Waals surface area contributed by atoms with E-state index in [0.29, 0.717) is 0 Å². The second kappa shape index (κ2) is 6.14. The Balaban J connectivity index is 1.40. The monoisotopic (exact) mass is 310 g/mol. The van der Waals surface area contributed by atoms with Crippen LogP contribution in [0.4, 0.5) is 0 Å². The summed E-state index contributed by atoms with van der Waals surface area (Å²) in [5.74, 6) is -0.169. The van der Waals surface area contributed by atoms with E-state index in [-0.39, 0.29) is 12.2 Å². The molecular formula is C19H22N2O2+2. The van der Waals surface area contributed by atoms with Crippen molar-refractivity contribution < 1.29 is 19.3 Å². The predicted molar refractivity (Wildman–Crippen MR) is 86.1 cm³/mol. The molecular weight excluding hydrogens is 288 g/mol. The second-order valence-electron chi connectivity index (χ2n) is 6.44. The van der Waals surface area contributed by atoms with Crippen LogP contribution in [0.15, 0.2) is 54.6 Å². The molecule has 2 aliphatic rings. The van der Waals surface area contributed by atoms with Crippen LogP contribution in [0.2, 0.25) is 0 Å². The number of esters is 1. The average molecular weight is 310 g/mol. The van der Waals surface area contributed by atoms with Crippen LogP contribution in [0.5, 0.6) is 0 Å². The third-order valence-corrected chi connectivity index (χ3v) is 4.96. The zero-order valence-corrected chi connectivity index (χ0v) is 13.1. The van der Waals surface area contributed by atoms with E-state index in [2.05, 4.69) is 30.3 Å².